The van der Waals surface area contributed by atoms with Gasteiger partial charge in [0.25, 0.3) is 0 Å². The van der Waals surface area contributed by atoms with Crippen molar-refractivity contribution in [2.45, 2.75) is 122 Å². The molecule has 0 aliphatic heterocycles. The van der Waals surface area contributed by atoms with Crippen molar-refractivity contribution < 1.29 is 9.72 Å². The van der Waals surface area contributed by atoms with Crippen molar-refractivity contribution in [1.29, 1.82) is 0 Å². The van der Waals surface area contributed by atoms with Crippen molar-refractivity contribution in [3.8, 4) is 0 Å². The van der Waals surface area contributed by atoms with E-state index in [4.69, 9.17) is 0 Å². The lowest BCUT2D eigenvalue weighted by Gasteiger charge is -2.02. The third kappa shape index (κ3) is 17.6. The van der Waals surface area contributed by atoms with Gasteiger partial charge in [-0.3, -0.25) is 14.9 Å². The molecule has 0 aromatic heterocycles. The van der Waals surface area contributed by atoms with Crippen LogP contribution in [0.5, 0.6) is 0 Å². The maximum absolute atomic E-state index is 11.0. The largest absolute Gasteiger partial charge is 0.291 e. The van der Waals surface area contributed by atoms with E-state index in [0.717, 1.165) is 44.9 Å². The van der Waals surface area contributed by atoms with Gasteiger partial charge in [-0.25, -0.2) is 0 Å². The van der Waals surface area contributed by atoms with Crippen LogP contribution >= 0.6 is 0 Å². The SMILES string of the molecule is CCCCCC/C(=C/CCCCCCCCCCCCC[C]=O)[N+](=O)[O-]. The smallest absolute Gasteiger partial charge is 0.242 e. The molecule has 4 heteroatoms. The molecule has 0 spiro atoms. The Kier molecular flexibility index (Phi) is 19.2. The molecule has 4 nitrogen and oxygen atoms in total. The number of nitrogens with zero attached hydrogens (tertiary/aromatic N) is 1. The van der Waals surface area contributed by atoms with E-state index in [1.807, 2.05) is 12.4 Å². The summed E-state index contributed by atoms with van der Waals surface area (Å²) in [6.07, 6.45) is 23.6. The average Bonchev–Trinajstić information content (AvgIpc) is 2.63. The number of unbranched alkanes of at least 4 members (excludes halogenated alkanes) is 15. The Balaban J connectivity index is 3.46. The second-order valence-corrected chi connectivity index (χ2v) is 7.34. The average molecular weight is 367 g/mol. The molecule has 0 aliphatic carbocycles. The van der Waals surface area contributed by atoms with E-state index in [1.165, 1.54) is 57.8 Å². The van der Waals surface area contributed by atoms with Gasteiger partial charge in [0, 0.05) is 12.8 Å². The molecular formula is C22H40NO3. The number of nitro groups is 1. The first-order valence-electron chi connectivity index (χ1n) is 10.9. The Labute approximate surface area is 161 Å². The van der Waals surface area contributed by atoms with E-state index in [0.29, 0.717) is 18.5 Å². The minimum Gasteiger partial charge on any atom is -0.291 e. The highest BCUT2D eigenvalue weighted by molar-refractivity contribution is 5.50. The normalized spacial score (nSPS) is 11.7. The predicted octanol–water partition coefficient (Wildman–Crippen LogP) is 7.30. The fourth-order valence-electron chi connectivity index (χ4n) is 3.20. The summed E-state index contributed by atoms with van der Waals surface area (Å²) in [5, 5.41) is 11.0. The third-order valence-electron chi connectivity index (χ3n) is 4.88. The first-order chi connectivity index (χ1) is 12.7. The van der Waals surface area contributed by atoms with Crippen molar-refractivity contribution >= 4 is 6.29 Å². The number of allylic oxidation sites excluding steroid dienone is 2. The van der Waals surface area contributed by atoms with E-state index >= 15 is 0 Å². The summed E-state index contributed by atoms with van der Waals surface area (Å²) in [6.45, 7) is 2.15. The first kappa shape index (κ1) is 24.8. The standard InChI is InChI=1S/C22H40NO3/c1-2-3-4-16-19-22(23(25)26)20-17-14-12-10-8-6-5-7-9-11-13-15-18-21-24/h20H,2-19H2,1H3/b22-20-. The molecule has 0 rings (SSSR count). The Morgan fingerprint density at radius 2 is 1.31 bits per heavy atom. The van der Waals surface area contributed by atoms with Crippen LogP contribution in [0.3, 0.4) is 0 Å². The second kappa shape index (κ2) is 20.1. The quantitative estimate of drug-likeness (QED) is 0.129. The highest BCUT2D eigenvalue weighted by Crippen LogP contribution is 2.15. The number of carbonyl (C=O) groups excluding carboxylic acids is 1. The summed E-state index contributed by atoms with van der Waals surface area (Å²) in [7, 11) is 0. The van der Waals surface area contributed by atoms with Gasteiger partial charge in [0.05, 0.1) is 4.92 Å². The van der Waals surface area contributed by atoms with Gasteiger partial charge in [-0.1, -0.05) is 84.0 Å². The van der Waals surface area contributed by atoms with Crippen LogP contribution in [0.4, 0.5) is 0 Å². The lowest BCUT2D eigenvalue weighted by molar-refractivity contribution is -0.428. The molecule has 0 atom stereocenters. The van der Waals surface area contributed by atoms with Gasteiger partial charge >= 0.3 is 0 Å². The fourth-order valence-corrected chi connectivity index (χ4v) is 3.20. The van der Waals surface area contributed by atoms with Crippen molar-refractivity contribution in [3.63, 3.8) is 0 Å². The second-order valence-electron chi connectivity index (χ2n) is 7.34. The number of hydrogen-bond donors (Lipinski definition) is 0. The van der Waals surface area contributed by atoms with E-state index in [-0.39, 0.29) is 4.92 Å². The zero-order valence-corrected chi connectivity index (χ0v) is 17.0. The van der Waals surface area contributed by atoms with Crippen LogP contribution in [0.15, 0.2) is 11.8 Å². The molecule has 0 fully saturated rings. The summed E-state index contributed by atoms with van der Waals surface area (Å²) in [6, 6.07) is 0. The summed E-state index contributed by atoms with van der Waals surface area (Å²) < 4.78 is 0. The van der Waals surface area contributed by atoms with Crippen LogP contribution in [0.25, 0.3) is 0 Å². The topological polar surface area (TPSA) is 60.2 Å². The van der Waals surface area contributed by atoms with Crippen LogP contribution in [0.2, 0.25) is 0 Å². The molecule has 151 valence electrons. The Morgan fingerprint density at radius 3 is 1.81 bits per heavy atom. The van der Waals surface area contributed by atoms with Gasteiger partial charge in [-0.2, -0.15) is 0 Å². The molecule has 0 unspecified atom stereocenters. The summed E-state index contributed by atoms with van der Waals surface area (Å²) in [5.41, 5.74) is 0.423. The molecule has 26 heavy (non-hydrogen) atoms. The van der Waals surface area contributed by atoms with Gasteiger partial charge in [0.1, 0.15) is 0 Å². The molecule has 0 heterocycles. The highest BCUT2D eigenvalue weighted by Gasteiger charge is 2.09. The molecule has 0 saturated carbocycles. The van der Waals surface area contributed by atoms with Crippen molar-refractivity contribution in [2.24, 2.45) is 0 Å². The molecule has 0 aliphatic rings. The van der Waals surface area contributed by atoms with E-state index in [1.54, 1.807) is 0 Å². The lowest BCUT2D eigenvalue weighted by Crippen LogP contribution is -1.99. The van der Waals surface area contributed by atoms with Gasteiger partial charge in [-0.15, -0.1) is 0 Å². The maximum atomic E-state index is 11.0. The summed E-state index contributed by atoms with van der Waals surface area (Å²) in [5.74, 6) is 0. The maximum Gasteiger partial charge on any atom is 0.242 e. The predicted molar refractivity (Wildman–Crippen MR) is 110 cm³/mol. The minimum absolute atomic E-state index is 0.191. The third-order valence-corrected chi connectivity index (χ3v) is 4.88. The minimum atomic E-state index is -0.191. The van der Waals surface area contributed by atoms with Gasteiger partial charge < -0.3 is 0 Å². The lowest BCUT2D eigenvalue weighted by atomic mass is 10.0. The molecule has 0 bridgehead atoms. The van der Waals surface area contributed by atoms with E-state index in [2.05, 4.69) is 6.92 Å². The van der Waals surface area contributed by atoms with Crippen LogP contribution < -0.4 is 0 Å². The Bertz CT molecular complexity index is 366. The number of rotatable bonds is 20. The van der Waals surface area contributed by atoms with E-state index in [9.17, 15) is 14.9 Å². The zero-order valence-electron chi connectivity index (χ0n) is 17.0. The molecule has 0 N–H and O–H groups in total. The van der Waals surface area contributed by atoms with Crippen molar-refractivity contribution in [2.75, 3.05) is 0 Å². The van der Waals surface area contributed by atoms with Crippen LogP contribution in [0.1, 0.15) is 122 Å². The molecule has 0 aromatic rings. The Hall–Kier alpha value is -1.19. The molecule has 0 saturated heterocycles. The monoisotopic (exact) mass is 366 g/mol. The van der Waals surface area contributed by atoms with Gasteiger partial charge in [0.15, 0.2) is 6.29 Å². The zero-order chi connectivity index (χ0) is 19.3. The highest BCUT2D eigenvalue weighted by atomic mass is 16.6. The van der Waals surface area contributed by atoms with Crippen LogP contribution in [0, 0.1) is 10.1 Å². The van der Waals surface area contributed by atoms with Gasteiger partial charge in [-0.05, 0) is 31.8 Å². The molecule has 0 aromatic carbocycles. The summed E-state index contributed by atoms with van der Waals surface area (Å²) in [4.78, 5) is 20.9. The van der Waals surface area contributed by atoms with Gasteiger partial charge in [0.2, 0.25) is 5.70 Å². The fraction of sp³-hybridized carbons (Fsp3) is 0.864. The molecule has 1 radical (unpaired) electrons. The van der Waals surface area contributed by atoms with E-state index < -0.39 is 0 Å². The summed E-state index contributed by atoms with van der Waals surface area (Å²) >= 11 is 0. The van der Waals surface area contributed by atoms with Crippen LogP contribution in [-0.4, -0.2) is 11.2 Å². The molecule has 0 amide bonds. The van der Waals surface area contributed by atoms with Crippen LogP contribution in [-0.2, 0) is 4.79 Å². The number of hydrogen-bond acceptors (Lipinski definition) is 3. The van der Waals surface area contributed by atoms with Crippen molar-refractivity contribution in [3.05, 3.63) is 21.9 Å². The Morgan fingerprint density at radius 1 is 0.808 bits per heavy atom. The van der Waals surface area contributed by atoms with Crippen molar-refractivity contribution in [1.82, 2.24) is 0 Å². The molecular weight excluding hydrogens is 326 g/mol. The first-order valence-corrected chi connectivity index (χ1v) is 10.9.